The molecule has 0 aromatic heterocycles. The van der Waals surface area contributed by atoms with Crippen LogP contribution in [0.5, 0.6) is 5.75 Å². The van der Waals surface area contributed by atoms with E-state index in [2.05, 4.69) is 24.8 Å². The number of esters is 1. The highest BCUT2D eigenvalue weighted by Gasteiger charge is 2.28. The second-order valence-corrected chi connectivity index (χ2v) is 8.90. The summed E-state index contributed by atoms with van der Waals surface area (Å²) in [6, 6.07) is 16.0. The van der Waals surface area contributed by atoms with E-state index in [9.17, 15) is 9.59 Å². The molecule has 1 saturated heterocycles. The zero-order valence-electron chi connectivity index (χ0n) is 18.5. The number of rotatable bonds is 5. The molecule has 0 radical (unpaired) electrons. The topological polar surface area (TPSA) is 49.9 Å². The predicted octanol–water partition coefficient (Wildman–Crippen LogP) is 3.81. The maximum Gasteiger partial charge on any atom is 0.318 e. The molecular weight excluding hydrogens is 388 g/mol. The summed E-state index contributed by atoms with van der Waals surface area (Å²) in [6.07, 6.45) is 3.23. The monoisotopic (exact) mass is 420 g/mol. The normalized spacial score (nSPS) is 19.2. The molecule has 5 nitrogen and oxygen atoms in total. The van der Waals surface area contributed by atoms with Crippen LogP contribution in [-0.4, -0.2) is 53.9 Å². The second kappa shape index (κ2) is 9.65. The zero-order valence-corrected chi connectivity index (χ0v) is 18.5. The molecule has 1 amide bonds. The number of amides is 1. The lowest BCUT2D eigenvalue weighted by Gasteiger charge is -2.37. The number of nitrogens with zero attached hydrogens (tertiary/aromatic N) is 2. The molecule has 5 heteroatoms. The Balaban J connectivity index is 1.32. The van der Waals surface area contributed by atoms with Gasteiger partial charge in [-0.25, -0.2) is 0 Å². The fourth-order valence-corrected chi connectivity index (χ4v) is 4.64. The van der Waals surface area contributed by atoms with E-state index in [1.165, 1.54) is 5.56 Å². The first-order valence-electron chi connectivity index (χ1n) is 11.4. The summed E-state index contributed by atoms with van der Waals surface area (Å²) in [5.74, 6) is 0.302. The minimum Gasteiger partial charge on any atom is -0.426 e. The van der Waals surface area contributed by atoms with E-state index in [-0.39, 0.29) is 17.8 Å². The molecule has 0 spiro atoms. The summed E-state index contributed by atoms with van der Waals surface area (Å²) in [7, 11) is 0. The van der Waals surface area contributed by atoms with Crippen molar-refractivity contribution < 1.29 is 14.3 Å². The van der Waals surface area contributed by atoms with Gasteiger partial charge in [0.15, 0.2) is 0 Å². The molecule has 0 saturated carbocycles. The molecule has 2 aromatic rings. The van der Waals surface area contributed by atoms with E-state index in [4.69, 9.17) is 4.74 Å². The molecular formula is C26H32N2O3. The average molecular weight is 421 g/mol. The first kappa shape index (κ1) is 21.6. The third-order valence-electron chi connectivity index (χ3n) is 6.55. The van der Waals surface area contributed by atoms with Gasteiger partial charge in [-0.3, -0.25) is 14.5 Å². The molecule has 4 rings (SSSR count). The zero-order chi connectivity index (χ0) is 21.8. The molecule has 1 atom stereocenters. The molecule has 1 fully saturated rings. The van der Waals surface area contributed by atoms with Crippen molar-refractivity contribution in [1.82, 2.24) is 9.80 Å². The SMILES string of the molecule is CC(C)N1CCN(C(=O)Cc2ccc(OC(=O)C3CCCc4ccccc43)cc2)CC1. The third-order valence-corrected chi connectivity index (χ3v) is 6.55. The summed E-state index contributed by atoms with van der Waals surface area (Å²) >= 11 is 0. The van der Waals surface area contributed by atoms with Gasteiger partial charge in [-0.1, -0.05) is 36.4 Å². The first-order valence-corrected chi connectivity index (χ1v) is 11.4. The number of fused-ring (bicyclic) bond motifs is 1. The van der Waals surface area contributed by atoms with Crippen LogP contribution in [0, 0.1) is 0 Å². The van der Waals surface area contributed by atoms with Crippen LogP contribution in [-0.2, 0) is 22.4 Å². The van der Waals surface area contributed by atoms with E-state index < -0.39 is 0 Å². The van der Waals surface area contributed by atoms with E-state index in [1.54, 1.807) is 12.1 Å². The Morgan fingerprint density at radius 3 is 2.42 bits per heavy atom. The number of piperazine rings is 1. The second-order valence-electron chi connectivity index (χ2n) is 8.90. The molecule has 2 aliphatic rings. The maximum atomic E-state index is 12.8. The van der Waals surface area contributed by atoms with E-state index in [0.29, 0.717) is 18.2 Å². The van der Waals surface area contributed by atoms with Gasteiger partial charge < -0.3 is 9.64 Å². The van der Waals surface area contributed by atoms with E-state index in [1.807, 2.05) is 35.2 Å². The van der Waals surface area contributed by atoms with Gasteiger partial charge in [0.25, 0.3) is 0 Å². The molecule has 1 heterocycles. The fourth-order valence-electron chi connectivity index (χ4n) is 4.64. The van der Waals surface area contributed by atoms with Gasteiger partial charge in [-0.2, -0.15) is 0 Å². The van der Waals surface area contributed by atoms with E-state index in [0.717, 1.165) is 56.6 Å². The molecule has 1 unspecified atom stereocenters. The van der Waals surface area contributed by atoms with Crippen molar-refractivity contribution in [3.05, 3.63) is 65.2 Å². The van der Waals surface area contributed by atoms with Crippen LogP contribution >= 0.6 is 0 Å². The van der Waals surface area contributed by atoms with Gasteiger partial charge in [0.2, 0.25) is 5.91 Å². The number of ether oxygens (including phenoxy) is 1. The lowest BCUT2D eigenvalue weighted by molar-refractivity contribution is -0.136. The van der Waals surface area contributed by atoms with Crippen molar-refractivity contribution in [2.24, 2.45) is 0 Å². The Bertz CT molecular complexity index is 915. The van der Waals surface area contributed by atoms with Crippen molar-refractivity contribution in [2.75, 3.05) is 26.2 Å². The molecule has 164 valence electrons. The molecule has 0 bridgehead atoms. The summed E-state index contributed by atoms with van der Waals surface area (Å²) in [5, 5.41) is 0. The Labute approximate surface area is 185 Å². The van der Waals surface area contributed by atoms with Crippen LogP contribution < -0.4 is 4.74 Å². The molecule has 0 N–H and O–H groups in total. The summed E-state index contributed by atoms with van der Waals surface area (Å²) in [6.45, 7) is 7.83. The van der Waals surface area contributed by atoms with Crippen LogP contribution in [0.25, 0.3) is 0 Å². The van der Waals surface area contributed by atoms with Gasteiger partial charge in [0, 0.05) is 32.2 Å². The van der Waals surface area contributed by atoms with Crippen LogP contribution in [0.2, 0.25) is 0 Å². The van der Waals surface area contributed by atoms with Crippen molar-refractivity contribution in [2.45, 2.75) is 51.5 Å². The highest BCUT2D eigenvalue weighted by molar-refractivity contribution is 5.81. The average Bonchev–Trinajstić information content (AvgIpc) is 2.80. The van der Waals surface area contributed by atoms with Crippen LogP contribution in [0.3, 0.4) is 0 Å². The summed E-state index contributed by atoms with van der Waals surface area (Å²) < 4.78 is 5.68. The Morgan fingerprint density at radius 2 is 1.71 bits per heavy atom. The van der Waals surface area contributed by atoms with Crippen molar-refractivity contribution in [3.63, 3.8) is 0 Å². The fraction of sp³-hybridized carbons (Fsp3) is 0.462. The van der Waals surface area contributed by atoms with Crippen molar-refractivity contribution >= 4 is 11.9 Å². The number of hydrogen-bond acceptors (Lipinski definition) is 4. The minimum absolute atomic E-state index is 0.159. The summed E-state index contributed by atoms with van der Waals surface area (Å²) in [4.78, 5) is 29.8. The van der Waals surface area contributed by atoms with Crippen LogP contribution in [0.1, 0.15) is 49.3 Å². The summed E-state index contributed by atoms with van der Waals surface area (Å²) in [5.41, 5.74) is 3.29. The van der Waals surface area contributed by atoms with Gasteiger partial charge in [0.1, 0.15) is 5.75 Å². The molecule has 31 heavy (non-hydrogen) atoms. The Kier molecular flexibility index (Phi) is 6.71. The lowest BCUT2D eigenvalue weighted by atomic mass is 9.83. The first-order chi connectivity index (χ1) is 15.0. The van der Waals surface area contributed by atoms with Gasteiger partial charge in [0.05, 0.1) is 12.3 Å². The van der Waals surface area contributed by atoms with Gasteiger partial charge in [-0.15, -0.1) is 0 Å². The molecule has 1 aliphatic heterocycles. The number of hydrogen-bond donors (Lipinski definition) is 0. The minimum atomic E-state index is -0.198. The number of carbonyl (C=O) groups is 2. The van der Waals surface area contributed by atoms with Crippen LogP contribution in [0.15, 0.2) is 48.5 Å². The van der Waals surface area contributed by atoms with Crippen molar-refractivity contribution in [3.8, 4) is 5.75 Å². The van der Waals surface area contributed by atoms with Gasteiger partial charge >= 0.3 is 5.97 Å². The molecule has 2 aromatic carbocycles. The van der Waals surface area contributed by atoms with E-state index >= 15 is 0 Å². The Hall–Kier alpha value is -2.66. The largest absolute Gasteiger partial charge is 0.426 e. The number of benzene rings is 2. The predicted molar refractivity (Wildman–Crippen MR) is 121 cm³/mol. The lowest BCUT2D eigenvalue weighted by Crippen LogP contribution is -2.51. The highest BCUT2D eigenvalue weighted by atomic mass is 16.5. The van der Waals surface area contributed by atoms with Crippen LogP contribution in [0.4, 0.5) is 0 Å². The Morgan fingerprint density at radius 1 is 1.00 bits per heavy atom. The highest BCUT2D eigenvalue weighted by Crippen LogP contribution is 2.32. The van der Waals surface area contributed by atoms with Crippen molar-refractivity contribution in [1.29, 1.82) is 0 Å². The smallest absolute Gasteiger partial charge is 0.318 e. The maximum absolute atomic E-state index is 12.8. The molecule has 1 aliphatic carbocycles. The number of carbonyl (C=O) groups excluding carboxylic acids is 2. The van der Waals surface area contributed by atoms with Gasteiger partial charge in [-0.05, 0) is 61.9 Å². The standard InChI is InChI=1S/C26H32N2O3/c1-19(2)27-14-16-28(17-15-27)25(29)18-20-10-12-22(13-11-20)31-26(30)24-9-5-7-21-6-3-4-8-23(21)24/h3-4,6,8,10-13,19,24H,5,7,9,14-18H2,1-2H3. The number of aryl methyl sites for hydroxylation is 1. The quantitative estimate of drug-likeness (QED) is 0.545. The third kappa shape index (κ3) is 5.16.